The van der Waals surface area contributed by atoms with E-state index in [1.807, 2.05) is 0 Å². The molecular weight excluding hydrogens is 409 g/mol. The van der Waals surface area contributed by atoms with Gasteiger partial charge in [-0.05, 0) is 30.8 Å². The lowest BCUT2D eigenvalue weighted by Gasteiger charge is -2.40. The summed E-state index contributed by atoms with van der Waals surface area (Å²) in [5.41, 5.74) is -0.130. The Labute approximate surface area is 179 Å². The van der Waals surface area contributed by atoms with Crippen molar-refractivity contribution < 1.29 is 39.4 Å². The monoisotopic (exact) mass is 435 g/mol. The number of phenols is 1. The number of carbonyl (C=O) groups is 3. The smallest absolute Gasteiger partial charge is 0.451 e. The molecule has 0 bridgehead atoms. The minimum absolute atomic E-state index is 0.0138. The highest BCUT2D eigenvalue weighted by molar-refractivity contribution is 6.41. The van der Waals surface area contributed by atoms with Crippen LogP contribution in [0.25, 0.3) is 0 Å². The summed E-state index contributed by atoms with van der Waals surface area (Å²) in [4.78, 5) is 37.0. The van der Waals surface area contributed by atoms with E-state index in [-0.39, 0.29) is 55.0 Å². The van der Waals surface area contributed by atoms with Crippen molar-refractivity contribution in [2.24, 2.45) is 0 Å². The molecule has 1 aromatic carbocycles. The number of rotatable bonds is 8. The number of benzene rings is 1. The number of aryl methyl sites for hydroxylation is 1. The van der Waals surface area contributed by atoms with Crippen LogP contribution in [0.15, 0.2) is 12.1 Å². The molecular formula is C19H26BN3O8. The van der Waals surface area contributed by atoms with E-state index >= 15 is 0 Å². The number of carbonyl (C=O) groups excluding carboxylic acids is 2. The molecule has 168 valence electrons. The summed E-state index contributed by atoms with van der Waals surface area (Å²) in [5.74, 6) is -2.11. The van der Waals surface area contributed by atoms with Crippen molar-refractivity contribution in [3.63, 3.8) is 0 Å². The van der Waals surface area contributed by atoms with Crippen LogP contribution in [0.4, 0.5) is 0 Å². The van der Waals surface area contributed by atoms with Gasteiger partial charge in [-0.3, -0.25) is 9.59 Å². The summed E-state index contributed by atoms with van der Waals surface area (Å²) in [7, 11) is -1.56. The number of carboxylic acid groups (broad SMARTS) is 1. The number of ether oxygens (including phenoxy) is 1. The van der Waals surface area contributed by atoms with E-state index in [0.29, 0.717) is 13.0 Å². The Hall–Kier alpha value is -2.83. The first-order valence-corrected chi connectivity index (χ1v) is 10.1. The van der Waals surface area contributed by atoms with Crippen molar-refractivity contribution in [1.29, 1.82) is 0 Å². The maximum atomic E-state index is 12.6. The number of nitrogens with one attached hydrogen (secondary N) is 2. The Bertz CT molecular complexity index is 859. The molecule has 2 amide bonds. The number of aromatic carboxylic acids is 1. The van der Waals surface area contributed by atoms with Crippen LogP contribution in [0.1, 0.15) is 29.3 Å². The molecule has 1 aromatic rings. The van der Waals surface area contributed by atoms with Crippen LogP contribution in [0.5, 0.6) is 11.5 Å². The predicted molar refractivity (Wildman–Crippen MR) is 109 cm³/mol. The van der Waals surface area contributed by atoms with Gasteiger partial charge >= 0.3 is 13.1 Å². The fourth-order valence-electron chi connectivity index (χ4n) is 3.82. The number of hydrogen-bond donors (Lipinski definition) is 6. The van der Waals surface area contributed by atoms with Gasteiger partial charge in [0, 0.05) is 19.5 Å². The van der Waals surface area contributed by atoms with Crippen molar-refractivity contribution >= 4 is 24.9 Å². The highest BCUT2D eigenvalue weighted by Gasteiger charge is 2.39. The number of carboxylic acids is 1. The molecule has 6 N–H and O–H groups in total. The van der Waals surface area contributed by atoms with Crippen molar-refractivity contribution in [1.82, 2.24) is 15.5 Å². The van der Waals surface area contributed by atoms with Crippen LogP contribution in [0, 0.1) is 0 Å². The lowest BCUT2D eigenvalue weighted by atomic mass is 9.82. The second-order valence-electron chi connectivity index (χ2n) is 7.85. The normalized spacial score (nSPS) is 20.8. The van der Waals surface area contributed by atoms with Gasteiger partial charge in [-0.25, -0.2) is 4.79 Å². The molecule has 2 saturated heterocycles. The molecule has 0 unspecified atom stereocenters. The van der Waals surface area contributed by atoms with Gasteiger partial charge in [0.05, 0.1) is 19.1 Å². The standard InChI is InChI=1S/C19H26BN3O8/c1-10(24)22-12-6-14(21-7-12)18(26)23-8-13(9-23)31-15-3-2-11(4-5-20(29)30)17(25)16(15)19(27)28/h2-3,12-14,21,25,29-30H,4-9H2,1H3,(H,22,24)(H,27,28)/t12-,14-/m0/s1. The van der Waals surface area contributed by atoms with Gasteiger partial charge in [-0.2, -0.15) is 0 Å². The van der Waals surface area contributed by atoms with Gasteiger partial charge in [-0.1, -0.05) is 6.07 Å². The van der Waals surface area contributed by atoms with Crippen LogP contribution in [0.2, 0.25) is 6.32 Å². The van der Waals surface area contributed by atoms with Gasteiger partial charge in [-0.15, -0.1) is 0 Å². The number of hydrogen-bond acceptors (Lipinski definition) is 8. The number of likely N-dealkylation sites (tertiary alicyclic amines) is 1. The molecule has 0 radical (unpaired) electrons. The Morgan fingerprint density at radius 1 is 1.29 bits per heavy atom. The zero-order chi connectivity index (χ0) is 22.7. The van der Waals surface area contributed by atoms with E-state index in [1.165, 1.54) is 19.1 Å². The maximum absolute atomic E-state index is 12.6. The third-order valence-corrected chi connectivity index (χ3v) is 5.40. The minimum atomic E-state index is -1.56. The Morgan fingerprint density at radius 2 is 2.00 bits per heavy atom. The predicted octanol–water partition coefficient (Wildman–Crippen LogP) is -1.44. The number of nitrogens with zero attached hydrogens (tertiary/aromatic N) is 1. The largest absolute Gasteiger partial charge is 0.507 e. The maximum Gasteiger partial charge on any atom is 0.451 e. The Morgan fingerprint density at radius 3 is 2.61 bits per heavy atom. The minimum Gasteiger partial charge on any atom is -0.507 e. The van der Waals surface area contributed by atoms with Gasteiger partial charge < -0.3 is 40.5 Å². The fraction of sp³-hybridized carbons (Fsp3) is 0.526. The van der Waals surface area contributed by atoms with Gasteiger partial charge in [0.2, 0.25) is 11.8 Å². The summed E-state index contributed by atoms with van der Waals surface area (Å²) in [5, 5.41) is 43.6. The second-order valence-corrected chi connectivity index (χ2v) is 7.85. The quantitative estimate of drug-likeness (QED) is 0.268. The summed E-state index contributed by atoms with van der Waals surface area (Å²) in [6.07, 6.45) is 0.120. The van der Waals surface area contributed by atoms with Crippen LogP contribution in [0.3, 0.4) is 0 Å². The lowest BCUT2D eigenvalue weighted by Crippen LogP contribution is -2.59. The van der Waals surface area contributed by atoms with E-state index in [2.05, 4.69) is 10.6 Å². The summed E-state index contributed by atoms with van der Waals surface area (Å²) in [6, 6.07) is 2.42. The zero-order valence-corrected chi connectivity index (χ0v) is 17.1. The first-order chi connectivity index (χ1) is 14.7. The molecule has 3 rings (SSSR count). The Kier molecular flexibility index (Phi) is 7.03. The first-order valence-electron chi connectivity index (χ1n) is 10.1. The zero-order valence-electron chi connectivity index (χ0n) is 17.1. The molecule has 0 spiro atoms. The highest BCUT2D eigenvalue weighted by atomic mass is 16.5. The summed E-state index contributed by atoms with van der Waals surface area (Å²) in [6.45, 7) is 2.50. The highest BCUT2D eigenvalue weighted by Crippen LogP contribution is 2.34. The fourth-order valence-corrected chi connectivity index (χ4v) is 3.82. The molecule has 2 fully saturated rings. The van der Waals surface area contributed by atoms with Crippen molar-refractivity contribution in [2.75, 3.05) is 19.6 Å². The van der Waals surface area contributed by atoms with Crippen LogP contribution in [-0.2, 0) is 16.0 Å². The topological polar surface area (TPSA) is 169 Å². The van der Waals surface area contributed by atoms with E-state index in [0.717, 1.165) is 0 Å². The van der Waals surface area contributed by atoms with E-state index in [1.54, 1.807) is 4.90 Å². The van der Waals surface area contributed by atoms with Gasteiger partial charge in [0.1, 0.15) is 23.2 Å². The number of aromatic hydroxyl groups is 1. The molecule has 0 saturated carbocycles. The molecule has 0 aliphatic carbocycles. The summed E-state index contributed by atoms with van der Waals surface area (Å²) < 4.78 is 5.71. The molecule has 2 atom stereocenters. The van der Waals surface area contributed by atoms with E-state index in [4.69, 9.17) is 14.8 Å². The molecule has 12 heteroatoms. The molecule has 2 heterocycles. The van der Waals surface area contributed by atoms with Crippen molar-refractivity contribution in [2.45, 2.75) is 44.3 Å². The van der Waals surface area contributed by atoms with Gasteiger partial charge in [0.15, 0.2) is 0 Å². The van der Waals surface area contributed by atoms with Crippen molar-refractivity contribution in [3.05, 3.63) is 23.3 Å². The molecule has 31 heavy (non-hydrogen) atoms. The third-order valence-electron chi connectivity index (χ3n) is 5.40. The van der Waals surface area contributed by atoms with Crippen molar-refractivity contribution in [3.8, 4) is 11.5 Å². The van der Waals surface area contributed by atoms with Crippen LogP contribution < -0.4 is 15.4 Å². The molecule has 2 aliphatic heterocycles. The SMILES string of the molecule is CC(=O)N[C@@H]1CN[C@H](C(=O)N2CC(Oc3ccc(CCB(O)O)c(O)c3C(=O)O)C2)C1. The second kappa shape index (κ2) is 9.54. The molecule has 0 aromatic heterocycles. The van der Waals surface area contributed by atoms with Crippen LogP contribution >= 0.6 is 0 Å². The number of amides is 2. The molecule has 11 nitrogen and oxygen atoms in total. The molecule has 2 aliphatic rings. The lowest BCUT2D eigenvalue weighted by molar-refractivity contribution is -0.142. The van der Waals surface area contributed by atoms with Gasteiger partial charge in [0.25, 0.3) is 0 Å². The average Bonchev–Trinajstić information content (AvgIpc) is 3.10. The average molecular weight is 435 g/mol. The third kappa shape index (κ3) is 5.46. The Balaban J connectivity index is 1.57. The van der Waals surface area contributed by atoms with E-state index < -0.39 is 36.5 Å². The van der Waals surface area contributed by atoms with Crippen LogP contribution in [-0.4, -0.2) is 87.9 Å². The summed E-state index contributed by atoms with van der Waals surface area (Å²) >= 11 is 0. The first kappa shape index (κ1) is 22.9. The van der Waals surface area contributed by atoms with E-state index in [9.17, 15) is 24.6 Å².